The highest BCUT2D eigenvalue weighted by Crippen LogP contribution is 2.27. The largest absolute Gasteiger partial charge is 0.491 e. The van der Waals surface area contributed by atoms with E-state index >= 15 is 0 Å². The number of aromatic nitrogens is 3. The standard InChI is InChI=1S/C32H46Br2N8O2/c1-39(2)17-19-43-31-11-9-25(21-29(31)33)13-15-41-23-27(35-37-41)7-5-6-8-28-24-42(38-36-28)16-14-26-10-12-32(30(34)22-26)44-20-18-40(3)4/h9-12,21-24,35,37H,5-8,13-20H2,1-4H3. The fraction of sp³-hybridized carbons (Fsp3) is 0.500. The Bertz CT molecular complexity index is 1350. The molecule has 0 amide bonds. The normalized spacial score (nSPS) is 13.1. The second-order valence-corrected chi connectivity index (χ2v) is 13.3. The molecule has 0 fully saturated rings. The van der Waals surface area contributed by atoms with Gasteiger partial charge in [-0.15, -0.1) is 10.6 Å². The molecule has 1 aliphatic heterocycles. The van der Waals surface area contributed by atoms with Crippen LogP contribution < -0.4 is 20.4 Å². The summed E-state index contributed by atoms with van der Waals surface area (Å²) in [5.41, 5.74) is 11.3. The first kappa shape index (κ1) is 34.2. The van der Waals surface area contributed by atoms with E-state index in [1.165, 1.54) is 16.8 Å². The molecule has 4 rings (SSSR count). The maximum absolute atomic E-state index is 5.87. The van der Waals surface area contributed by atoms with Crippen LogP contribution in [0, 0.1) is 0 Å². The van der Waals surface area contributed by atoms with Gasteiger partial charge in [0.15, 0.2) is 0 Å². The van der Waals surface area contributed by atoms with Gasteiger partial charge < -0.3 is 24.7 Å². The van der Waals surface area contributed by atoms with Crippen LogP contribution in [0.25, 0.3) is 0 Å². The number of likely N-dealkylation sites (N-methyl/N-ethyl adjacent to an activating group) is 2. The van der Waals surface area contributed by atoms with E-state index in [2.05, 4.69) is 105 Å². The van der Waals surface area contributed by atoms with Gasteiger partial charge in [-0.3, -0.25) is 9.69 Å². The van der Waals surface area contributed by atoms with Crippen LogP contribution in [0.5, 0.6) is 11.5 Å². The van der Waals surface area contributed by atoms with Crippen molar-refractivity contribution in [3.63, 3.8) is 0 Å². The molecule has 0 spiro atoms. The summed E-state index contributed by atoms with van der Waals surface area (Å²) in [6, 6.07) is 12.6. The van der Waals surface area contributed by atoms with Crippen molar-refractivity contribution in [2.75, 3.05) is 61.0 Å². The van der Waals surface area contributed by atoms with Gasteiger partial charge >= 0.3 is 0 Å². The van der Waals surface area contributed by atoms with E-state index in [1.807, 2.05) is 45.0 Å². The number of allylic oxidation sites excluding steroid dienone is 1. The number of nitrogens with one attached hydrogen (secondary N) is 2. The number of hydrogen-bond donors (Lipinski definition) is 2. The van der Waals surface area contributed by atoms with E-state index < -0.39 is 0 Å². The van der Waals surface area contributed by atoms with Gasteiger partial charge in [-0.25, -0.2) is 0 Å². The zero-order valence-corrected chi connectivity index (χ0v) is 29.5. The first-order chi connectivity index (χ1) is 21.2. The Hall–Kier alpha value is -2.64. The fourth-order valence-electron chi connectivity index (χ4n) is 4.63. The van der Waals surface area contributed by atoms with Gasteiger partial charge in [-0.2, -0.15) is 0 Å². The van der Waals surface area contributed by atoms with Crippen molar-refractivity contribution in [3.8, 4) is 11.5 Å². The van der Waals surface area contributed by atoms with Crippen LogP contribution in [0.4, 0.5) is 0 Å². The summed E-state index contributed by atoms with van der Waals surface area (Å²) >= 11 is 7.30. The number of nitrogens with zero attached hydrogens (tertiary/aromatic N) is 6. The molecule has 0 atom stereocenters. The molecule has 0 saturated heterocycles. The summed E-state index contributed by atoms with van der Waals surface area (Å²) in [5, 5.41) is 10.8. The number of hydrazine groups is 2. The second-order valence-electron chi connectivity index (χ2n) is 11.6. The summed E-state index contributed by atoms with van der Waals surface area (Å²) < 4.78 is 15.7. The van der Waals surface area contributed by atoms with Gasteiger partial charge in [0, 0.05) is 44.3 Å². The molecule has 2 heterocycles. The van der Waals surface area contributed by atoms with Crippen molar-refractivity contribution >= 4 is 31.9 Å². The molecule has 3 aromatic rings. The molecule has 0 bridgehead atoms. The monoisotopic (exact) mass is 732 g/mol. The van der Waals surface area contributed by atoms with Crippen LogP contribution in [-0.2, 0) is 25.8 Å². The minimum absolute atomic E-state index is 0.666. The smallest absolute Gasteiger partial charge is 0.133 e. The molecular weight excluding hydrogens is 688 g/mol. The number of halogens is 2. The minimum atomic E-state index is 0.666. The second kappa shape index (κ2) is 17.7. The topological polar surface area (TPSA) is 83.0 Å². The molecule has 1 aromatic heterocycles. The third kappa shape index (κ3) is 11.7. The zero-order valence-electron chi connectivity index (χ0n) is 26.4. The minimum Gasteiger partial charge on any atom is -0.491 e. The summed E-state index contributed by atoms with van der Waals surface area (Å²) in [6.45, 7) is 4.78. The average molecular weight is 735 g/mol. The maximum atomic E-state index is 5.87. The Labute approximate surface area is 278 Å². The van der Waals surface area contributed by atoms with E-state index in [4.69, 9.17) is 9.47 Å². The van der Waals surface area contributed by atoms with Crippen LogP contribution in [0.3, 0.4) is 0 Å². The first-order valence-electron chi connectivity index (χ1n) is 15.2. The van der Waals surface area contributed by atoms with Crippen molar-refractivity contribution in [3.05, 3.63) is 80.3 Å². The Morgan fingerprint density at radius 2 is 1.36 bits per heavy atom. The molecule has 240 valence electrons. The predicted molar refractivity (Wildman–Crippen MR) is 182 cm³/mol. The quantitative estimate of drug-likeness (QED) is 0.165. The predicted octanol–water partition coefficient (Wildman–Crippen LogP) is 5.05. The Kier molecular flexibility index (Phi) is 13.8. The lowest BCUT2D eigenvalue weighted by atomic mass is 10.1. The number of aryl methyl sites for hydroxylation is 3. The summed E-state index contributed by atoms with van der Waals surface area (Å²) in [6.07, 6.45) is 10.1. The molecule has 0 aliphatic carbocycles. The highest BCUT2D eigenvalue weighted by atomic mass is 79.9. The molecule has 12 heteroatoms. The molecule has 44 heavy (non-hydrogen) atoms. The van der Waals surface area contributed by atoms with Gasteiger partial charge in [-0.05, 0) is 134 Å². The van der Waals surface area contributed by atoms with E-state index in [0.29, 0.717) is 13.2 Å². The number of unbranched alkanes of at least 4 members (excludes halogenated alkanes) is 1. The summed E-state index contributed by atoms with van der Waals surface area (Å²) in [5.74, 6) is 1.76. The lowest BCUT2D eigenvalue weighted by Crippen LogP contribution is -2.37. The van der Waals surface area contributed by atoms with Gasteiger partial charge in [0.1, 0.15) is 24.7 Å². The van der Waals surface area contributed by atoms with Crippen LogP contribution >= 0.6 is 31.9 Å². The Balaban J connectivity index is 1.11. The molecule has 2 N–H and O–H groups in total. The van der Waals surface area contributed by atoms with E-state index in [-0.39, 0.29) is 0 Å². The highest BCUT2D eigenvalue weighted by molar-refractivity contribution is 9.10. The van der Waals surface area contributed by atoms with Crippen molar-refractivity contribution in [2.24, 2.45) is 0 Å². The number of rotatable bonds is 19. The number of hydrogen-bond acceptors (Lipinski definition) is 9. The summed E-state index contributed by atoms with van der Waals surface area (Å²) in [7, 11) is 8.18. The lowest BCUT2D eigenvalue weighted by Gasteiger charge is -2.16. The molecule has 2 aromatic carbocycles. The molecule has 0 unspecified atom stereocenters. The van der Waals surface area contributed by atoms with Gasteiger partial charge in [0.05, 0.1) is 14.6 Å². The molecule has 0 radical (unpaired) electrons. The summed E-state index contributed by atoms with van der Waals surface area (Å²) in [4.78, 5) is 4.22. The number of benzene rings is 2. The fourth-order valence-corrected chi connectivity index (χ4v) is 5.71. The lowest BCUT2D eigenvalue weighted by molar-refractivity contribution is 0.260. The van der Waals surface area contributed by atoms with Crippen LogP contribution in [0.1, 0.15) is 36.1 Å². The van der Waals surface area contributed by atoms with Crippen molar-refractivity contribution in [1.29, 1.82) is 0 Å². The SMILES string of the molecule is CN(C)CCOc1ccc(CCN2C=C(CCCCc3cn(CCc4ccc(OCCN(C)C)c(Br)c4)nn3)NN2)cc1Br. The average Bonchev–Trinajstić information content (AvgIpc) is 3.64. The third-order valence-electron chi connectivity index (χ3n) is 7.24. The van der Waals surface area contributed by atoms with Crippen molar-refractivity contribution < 1.29 is 9.47 Å². The Morgan fingerprint density at radius 3 is 1.95 bits per heavy atom. The first-order valence-corrected chi connectivity index (χ1v) is 16.8. The van der Waals surface area contributed by atoms with Gasteiger partial charge in [-0.1, -0.05) is 17.3 Å². The van der Waals surface area contributed by atoms with Crippen LogP contribution in [-0.4, -0.2) is 90.8 Å². The van der Waals surface area contributed by atoms with E-state index in [0.717, 1.165) is 90.8 Å². The Morgan fingerprint density at radius 1 is 0.773 bits per heavy atom. The van der Waals surface area contributed by atoms with Crippen molar-refractivity contribution in [2.45, 2.75) is 45.1 Å². The maximum Gasteiger partial charge on any atom is 0.133 e. The third-order valence-corrected chi connectivity index (χ3v) is 8.48. The van der Waals surface area contributed by atoms with Crippen molar-refractivity contribution in [1.82, 2.24) is 40.8 Å². The molecule has 10 nitrogen and oxygen atoms in total. The molecule has 0 saturated carbocycles. The van der Waals surface area contributed by atoms with Crippen LogP contribution in [0.2, 0.25) is 0 Å². The van der Waals surface area contributed by atoms with Crippen LogP contribution in [0.15, 0.2) is 63.4 Å². The molecular formula is C32H46Br2N8O2. The van der Waals surface area contributed by atoms with E-state index in [9.17, 15) is 0 Å². The number of ether oxygens (including phenoxy) is 2. The molecule has 1 aliphatic rings. The van der Waals surface area contributed by atoms with Gasteiger partial charge in [0.25, 0.3) is 0 Å². The van der Waals surface area contributed by atoms with Gasteiger partial charge in [0.2, 0.25) is 0 Å². The highest BCUT2D eigenvalue weighted by Gasteiger charge is 2.12. The van der Waals surface area contributed by atoms with E-state index in [1.54, 1.807) is 0 Å². The zero-order chi connectivity index (χ0) is 31.3.